The molecule has 1 N–H and O–H groups in total. The number of nitrogens with one attached hydrogen (secondary N) is 1. The maximum atomic E-state index is 4.73. The van der Waals surface area contributed by atoms with Gasteiger partial charge in [0, 0.05) is 26.7 Å². The highest BCUT2D eigenvalue weighted by Gasteiger charge is 2.18. The van der Waals surface area contributed by atoms with Crippen LogP contribution in [0.1, 0.15) is 18.7 Å². The van der Waals surface area contributed by atoms with Crippen molar-refractivity contribution in [3.8, 4) is 0 Å². The molecule has 2 aromatic heterocycles. The highest BCUT2D eigenvalue weighted by molar-refractivity contribution is 9.10. The molecular weight excluding hydrogens is 316 g/mol. The molecule has 0 aliphatic carbocycles. The summed E-state index contributed by atoms with van der Waals surface area (Å²) < 4.78 is 3.19. The van der Waals surface area contributed by atoms with Gasteiger partial charge in [0.1, 0.15) is 10.4 Å². The van der Waals surface area contributed by atoms with Crippen molar-refractivity contribution in [3.63, 3.8) is 0 Å². The fraction of sp³-hybridized carbons (Fsp3) is 0.533. The van der Waals surface area contributed by atoms with Crippen LogP contribution in [-0.4, -0.2) is 36.6 Å². The smallest absolute Gasteiger partial charge is 0.132 e. The van der Waals surface area contributed by atoms with Gasteiger partial charge >= 0.3 is 0 Å². The van der Waals surface area contributed by atoms with Gasteiger partial charge in [-0.25, -0.2) is 4.98 Å². The van der Waals surface area contributed by atoms with Crippen molar-refractivity contribution in [2.24, 2.45) is 5.92 Å². The van der Waals surface area contributed by atoms with Crippen molar-refractivity contribution in [2.45, 2.75) is 19.3 Å². The van der Waals surface area contributed by atoms with Gasteiger partial charge in [0.2, 0.25) is 0 Å². The molecule has 4 nitrogen and oxygen atoms in total. The summed E-state index contributed by atoms with van der Waals surface area (Å²) in [6.45, 7) is 2.27. The van der Waals surface area contributed by atoms with Crippen LogP contribution in [0.15, 0.2) is 22.9 Å². The van der Waals surface area contributed by atoms with Gasteiger partial charge in [0.05, 0.1) is 11.2 Å². The number of anilines is 1. The standard InChI is InChI=1S/C15H21BrN4/c1-19(2)12-3-4-13-15(16)18-14(20(13)10-12)9-11-5-7-17-8-6-11/h3-4,10-11,17H,5-9H2,1-2H3. The van der Waals surface area contributed by atoms with E-state index >= 15 is 0 Å². The number of piperidine rings is 1. The number of hydrogen-bond acceptors (Lipinski definition) is 3. The maximum absolute atomic E-state index is 4.73. The van der Waals surface area contributed by atoms with Crippen LogP contribution in [0.5, 0.6) is 0 Å². The van der Waals surface area contributed by atoms with Crippen molar-refractivity contribution in [3.05, 3.63) is 28.8 Å². The molecule has 20 heavy (non-hydrogen) atoms. The summed E-state index contributed by atoms with van der Waals surface area (Å²) in [6.07, 6.45) is 5.74. The Bertz CT molecular complexity index is 599. The molecule has 1 aliphatic rings. The van der Waals surface area contributed by atoms with Gasteiger partial charge < -0.3 is 14.6 Å². The lowest BCUT2D eigenvalue weighted by Crippen LogP contribution is -2.29. The predicted octanol–water partition coefficient (Wildman–Crippen LogP) is 2.70. The van der Waals surface area contributed by atoms with Crippen molar-refractivity contribution in [1.29, 1.82) is 0 Å². The molecule has 108 valence electrons. The minimum atomic E-state index is 0.747. The number of nitrogens with zero attached hydrogens (tertiary/aromatic N) is 3. The van der Waals surface area contributed by atoms with Crippen LogP contribution in [-0.2, 0) is 6.42 Å². The molecule has 1 fully saturated rings. The first-order chi connectivity index (χ1) is 9.65. The number of pyridine rings is 1. The molecule has 0 radical (unpaired) electrons. The van der Waals surface area contributed by atoms with E-state index in [2.05, 4.69) is 63.0 Å². The molecule has 1 aliphatic heterocycles. The van der Waals surface area contributed by atoms with Gasteiger partial charge in [-0.3, -0.25) is 0 Å². The highest BCUT2D eigenvalue weighted by atomic mass is 79.9. The van der Waals surface area contributed by atoms with E-state index in [4.69, 9.17) is 4.98 Å². The summed E-state index contributed by atoms with van der Waals surface area (Å²) in [4.78, 5) is 6.85. The van der Waals surface area contributed by atoms with Crippen molar-refractivity contribution >= 4 is 27.1 Å². The van der Waals surface area contributed by atoms with E-state index in [1.54, 1.807) is 0 Å². The quantitative estimate of drug-likeness (QED) is 0.935. The van der Waals surface area contributed by atoms with Crippen LogP contribution >= 0.6 is 15.9 Å². The molecule has 2 aromatic rings. The van der Waals surface area contributed by atoms with E-state index in [-0.39, 0.29) is 0 Å². The van der Waals surface area contributed by atoms with E-state index < -0.39 is 0 Å². The first kappa shape index (κ1) is 13.9. The van der Waals surface area contributed by atoms with E-state index in [0.717, 1.165) is 35.5 Å². The first-order valence-electron chi connectivity index (χ1n) is 7.19. The van der Waals surface area contributed by atoms with Crippen molar-refractivity contribution in [1.82, 2.24) is 14.7 Å². The van der Waals surface area contributed by atoms with Crippen LogP contribution in [0.25, 0.3) is 5.52 Å². The Kier molecular flexibility index (Phi) is 3.98. The normalized spacial score (nSPS) is 16.8. The average molecular weight is 337 g/mol. The number of hydrogen-bond donors (Lipinski definition) is 1. The van der Waals surface area contributed by atoms with Gasteiger partial charge in [0.15, 0.2) is 0 Å². The minimum absolute atomic E-state index is 0.747. The fourth-order valence-corrected chi connectivity index (χ4v) is 3.38. The second-order valence-electron chi connectivity index (χ2n) is 5.75. The zero-order valence-corrected chi connectivity index (χ0v) is 13.7. The highest BCUT2D eigenvalue weighted by Crippen LogP contribution is 2.25. The van der Waals surface area contributed by atoms with Crippen LogP contribution in [0, 0.1) is 5.92 Å². The third-order valence-corrected chi connectivity index (χ3v) is 4.68. The third kappa shape index (κ3) is 2.69. The summed E-state index contributed by atoms with van der Waals surface area (Å²) in [5.41, 5.74) is 2.36. The molecule has 5 heteroatoms. The zero-order valence-electron chi connectivity index (χ0n) is 12.1. The van der Waals surface area contributed by atoms with Crippen LogP contribution < -0.4 is 10.2 Å². The molecular formula is C15H21BrN4. The number of rotatable bonds is 3. The summed E-state index contributed by atoms with van der Waals surface area (Å²) >= 11 is 3.59. The Labute approximate surface area is 128 Å². The number of fused-ring (bicyclic) bond motifs is 1. The lowest BCUT2D eigenvalue weighted by molar-refractivity contribution is 0.367. The Morgan fingerprint density at radius 3 is 2.80 bits per heavy atom. The van der Waals surface area contributed by atoms with E-state index in [1.807, 2.05) is 0 Å². The Morgan fingerprint density at radius 2 is 2.10 bits per heavy atom. The van der Waals surface area contributed by atoms with Crippen molar-refractivity contribution in [2.75, 3.05) is 32.1 Å². The molecule has 0 saturated carbocycles. The van der Waals surface area contributed by atoms with E-state index in [0.29, 0.717) is 0 Å². The van der Waals surface area contributed by atoms with Crippen LogP contribution in [0.4, 0.5) is 5.69 Å². The molecule has 0 amide bonds. The van der Waals surface area contributed by atoms with Crippen molar-refractivity contribution < 1.29 is 0 Å². The largest absolute Gasteiger partial charge is 0.376 e. The lowest BCUT2D eigenvalue weighted by atomic mass is 9.94. The van der Waals surface area contributed by atoms with E-state index in [9.17, 15) is 0 Å². The van der Waals surface area contributed by atoms with Crippen LogP contribution in [0.3, 0.4) is 0 Å². The summed E-state index contributed by atoms with van der Waals surface area (Å²) in [5.74, 6) is 1.92. The monoisotopic (exact) mass is 336 g/mol. The number of aromatic nitrogens is 2. The molecule has 0 aromatic carbocycles. The lowest BCUT2D eigenvalue weighted by Gasteiger charge is -2.22. The van der Waals surface area contributed by atoms with Gasteiger partial charge in [-0.1, -0.05) is 0 Å². The zero-order chi connectivity index (χ0) is 14.1. The second-order valence-corrected chi connectivity index (χ2v) is 6.50. The fourth-order valence-electron chi connectivity index (χ4n) is 2.85. The molecule has 0 spiro atoms. The Balaban J connectivity index is 1.94. The van der Waals surface area contributed by atoms with Crippen LogP contribution in [0.2, 0.25) is 0 Å². The summed E-state index contributed by atoms with van der Waals surface area (Å²) in [7, 11) is 4.14. The molecule has 0 bridgehead atoms. The molecule has 1 saturated heterocycles. The van der Waals surface area contributed by atoms with E-state index in [1.165, 1.54) is 24.4 Å². The second kappa shape index (κ2) is 5.74. The molecule has 0 atom stereocenters. The van der Waals surface area contributed by atoms with Gasteiger partial charge in [-0.2, -0.15) is 0 Å². The average Bonchev–Trinajstić information content (AvgIpc) is 2.76. The molecule has 3 rings (SSSR count). The van der Waals surface area contributed by atoms with Gasteiger partial charge in [-0.15, -0.1) is 0 Å². The Morgan fingerprint density at radius 1 is 1.35 bits per heavy atom. The molecule has 0 unspecified atom stereocenters. The number of imidazole rings is 1. The van der Waals surface area contributed by atoms with Gasteiger partial charge in [0.25, 0.3) is 0 Å². The number of halogens is 1. The van der Waals surface area contributed by atoms with Gasteiger partial charge in [-0.05, 0) is 59.9 Å². The Hall–Kier alpha value is -1.07. The molecule has 3 heterocycles. The summed E-state index contributed by atoms with van der Waals surface area (Å²) in [6, 6.07) is 4.27. The summed E-state index contributed by atoms with van der Waals surface area (Å²) in [5, 5.41) is 3.42. The minimum Gasteiger partial charge on any atom is -0.376 e. The first-order valence-corrected chi connectivity index (χ1v) is 7.99. The third-order valence-electron chi connectivity index (χ3n) is 4.10. The SMILES string of the molecule is CN(C)c1ccc2c(Br)nc(CC3CCNCC3)n2c1. The predicted molar refractivity (Wildman–Crippen MR) is 86.5 cm³/mol. The maximum Gasteiger partial charge on any atom is 0.132 e. The topological polar surface area (TPSA) is 32.6 Å².